The van der Waals surface area contributed by atoms with E-state index in [-0.39, 0.29) is 5.41 Å². The van der Waals surface area contributed by atoms with Crippen LogP contribution in [0.2, 0.25) is 5.15 Å². The predicted octanol–water partition coefficient (Wildman–Crippen LogP) is 4.57. The van der Waals surface area contributed by atoms with Crippen molar-refractivity contribution in [2.24, 2.45) is 0 Å². The third-order valence-corrected chi connectivity index (χ3v) is 4.65. The second-order valence-electron chi connectivity index (χ2n) is 6.13. The van der Waals surface area contributed by atoms with Crippen molar-refractivity contribution >= 4 is 33.5 Å². The van der Waals surface area contributed by atoms with Crippen LogP contribution in [0, 0.1) is 0 Å². The molecule has 19 heavy (non-hydrogen) atoms. The molecule has 0 saturated carbocycles. The predicted molar refractivity (Wildman–Crippen MR) is 84.1 cm³/mol. The van der Waals surface area contributed by atoms with E-state index in [9.17, 15) is 0 Å². The Kier molecular flexibility index (Phi) is 4.72. The molecule has 0 aliphatic carbocycles. The number of hydrogen-bond acceptors (Lipinski definition) is 3. The molecule has 0 amide bonds. The molecule has 106 valence electrons. The van der Waals surface area contributed by atoms with E-state index >= 15 is 0 Å². The highest BCUT2D eigenvalue weighted by Crippen LogP contribution is 2.34. The van der Waals surface area contributed by atoms with Gasteiger partial charge in [-0.2, -0.15) is 4.98 Å². The monoisotopic (exact) mass is 345 g/mol. The first kappa shape index (κ1) is 15.0. The van der Waals surface area contributed by atoms with Crippen LogP contribution in [0.5, 0.6) is 0 Å². The van der Waals surface area contributed by atoms with Crippen LogP contribution >= 0.6 is 27.5 Å². The van der Waals surface area contributed by atoms with E-state index in [0.29, 0.717) is 5.15 Å². The quantitative estimate of drug-likeness (QED) is 0.697. The average molecular weight is 347 g/mol. The summed E-state index contributed by atoms with van der Waals surface area (Å²) in [5.41, 5.74) is 0.929. The zero-order valence-corrected chi connectivity index (χ0v) is 14.2. The molecule has 1 fully saturated rings. The minimum atomic E-state index is -0.0496. The molecule has 1 aliphatic heterocycles. The number of rotatable bonds is 1. The molecule has 2 heterocycles. The van der Waals surface area contributed by atoms with Crippen molar-refractivity contribution < 1.29 is 0 Å². The van der Waals surface area contributed by atoms with Gasteiger partial charge in [0.1, 0.15) is 5.15 Å². The van der Waals surface area contributed by atoms with Crippen LogP contribution in [0.4, 0.5) is 5.95 Å². The van der Waals surface area contributed by atoms with E-state index in [4.69, 9.17) is 16.6 Å². The zero-order valence-electron chi connectivity index (χ0n) is 11.8. The third kappa shape index (κ3) is 3.60. The lowest BCUT2D eigenvalue weighted by Crippen LogP contribution is -2.28. The molecule has 0 N–H and O–H groups in total. The summed E-state index contributed by atoms with van der Waals surface area (Å²) >= 11 is 9.77. The van der Waals surface area contributed by atoms with Crippen LogP contribution in [0.15, 0.2) is 4.47 Å². The maximum Gasteiger partial charge on any atom is 0.227 e. The fourth-order valence-electron chi connectivity index (χ4n) is 2.32. The second kappa shape index (κ2) is 5.96. The van der Waals surface area contributed by atoms with Gasteiger partial charge in [-0.1, -0.05) is 45.2 Å². The molecule has 5 heteroatoms. The highest BCUT2D eigenvalue weighted by molar-refractivity contribution is 9.10. The van der Waals surface area contributed by atoms with Crippen molar-refractivity contribution in [3.63, 3.8) is 0 Å². The molecule has 1 aromatic rings. The maximum absolute atomic E-state index is 6.26. The molecule has 3 nitrogen and oxygen atoms in total. The topological polar surface area (TPSA) is 29.0 Å². The Bertz CT molecular complexity index is 449. The van der Waals surface area contributed by atoms with E-state index in [2.05, 4.69) is 46.6 Å². The second-order valence-corrected chi connectivity index (χ2v) is 7.28. The van der Waals surface area contributed by atoms with E-state index in [1.807, 2.05) is 0 Å². The van der Waals surface area contributed by atoms with Crippen molar-refractivity contribution in [2.45, 2.75) is 51.9 Å². The van der Waals surface area contributed by atoms with Gasteiger partial charge >= 0.3 is 0 Å². The molecule has 0 unspecified atom stereocenters. The Morgan fingerprint density at radius 3 is 2.16 bits per heavy atom. The third-order valence-electron chi connectivity index (χ3n) is 3.40. The van der Waals surface area contributed by atoms with Crippen molar-refractivity contribution in [3.8, 4) is 0 Å². The first-order chi connectivity index (χ1) is 8.89. The summed E-state index contributed by atoms with van der Waals surface area (Å²) < 4.78 is 0.820. The molecular weight excluding hydrogens is 326 g/mol. The fraction of sp³-hybridized carbons (Fsp3) is 0.714. The Hall–Kier alpha value is -0.350. The average Bonchev–Trinajstić information content (AvgIpc) is 2.59. The van der Waals surface area contributed by atoms with E-state index in [0.717, 1.165) is 29.2 Å². The Morgan fingerprint density at radius 1 is 1.05 bits per heavy atom. The Labute approximate surface area is 128 Å². The number of aromatic nitrogens is 2. The lowest BCUT2D eigenvalue weighted by Gasteiger charge is -2.25. The van der Waals surface area contributed by atoms with Gasteiger partial charge in [0.25, 0.3) is 0 Å². The summed E-state index contributed by atoms with van der Waals surface area (Å²) in [6.45, 7) is 8.48. The van der Waals surface area contributed by atoms with Crippen LogP contribution < -0.4 is 4.90 Å². The van der Waals surface area contributed by atoms with Crippen molar-refractivity contribution in [2.75, 3.05) is 18.0 Å². The molecule has 0 spiro atoms. The standard InChI is InChI=1S/C14H21BrClN3/c1-14(2,3)11-10(15)12(16)18-13(17-11)19-8-6-4-5-7-9-19/h4-9H2,1-3H3. The van der Waals surface area contributed by atoms with Gasteiger partial charge in [-0.3, -0.25) is 0 Å². The molecule has 0 radical (unpaired) electrons. The SMILES string of the molecule is CC(C)(C)c1nc(N2CCCCCC2)nc(Cl)c1Br. The van der Waals surface area contributed by atoms with Crippen LogP contribution in [-0.2, 0) is 5.41 Å². The maximum atomic E-state index is 6.26. The van der Waals surface area contributed by atoms with Gasteiger partial charge in [0.05, 0.1) is 10.2 Å². The lowest BCUT2D eigenvalue weighted by molar-refractivity contribution is 0.561. The molecule has 0 bridgehead atoms. The summed E-state index contributed by atoms with van der Waals surface area (Å²) in [6.07, 6.45) is 5.02. The highest BCUT2D eigenvalue weighted by Gasteiger charge is 2.24. The zero-order chi connectivity index (χ0) is 14.0. The number of anilines is 1. The molecular formula is C14H21BrClN3. The van der Waals surface area contributed by atoms with Crippen LogP contribution in [-0.4, -0.2) is 23.1 Å². The van der Waals surface area contributed by atoms with Crippen molar-refractivity contribution in [1.82, 2.24) is 9.97 Å². The normalized spacial score (nSPS) is 17.4. The Morgan fingerprint density at radius 2 is 1.63 bits per heavy atom. The van der Waals surface area contributed by atoms with Gasteiger partial charge in [-0.25, -0.2) is 4.98 Å². The minimum absolute atomic E-state index is 0.0496. The summed E-state index contributed by atoms with van der Waals surface area (Å²) in [4.78, 5) is 11.5. The highest BCUT2D eigenvalue weighted by atomic mass is 79.9. The summed E-state index contributed by atoms with van der Waals surface area (Å²) in [5.74, 6) is 0.778. The summed E-state index contributed by atoms with van der Waals surface area (Å²) in [5, 5.41) is 0.513. The van der Waals surface area contributed by atoms with Crippen LogP contribution in [0.3, 0.4) is 0 Å². The van der Waals surface area contributed by atoms with E-state index < -0.39 is 0 Å². The van der Waals surface area contributed by atoms with Crippen LogP contribution in [0.25, 0.3) is 0 Å². The largest absolute Gasteiger partial charge is 0.341 e. The van der Waals surface area contributed by atoms with Gasteiger partial charge < -0.3 is 4.90 Å². The molecule has 1 aliphatic rings. The first-order valence-electron chi connectivity index (χ1n) is 6.88. The number of halogens is 2. The Balaban J connectivity index is 2.38. The molecule has 1 aromatic heterocycles. The lowest BCUT2D eigenvalue weighted by atomic mass is 9.92. The number of nitrogens with zero attached hydrogens (tertiary/aromatic N) is 3. The van der Waals surface area contributed by atoms with Gasteiger partial charge in [0.2, 0.25) is 5.95 Å². The van der Waals surface area contributed by atoms with Gasteiger partial charge in [0, 0.05) is 18.5 Å². The first-order valence-corrected chi connectivity index (χ1v) is 8.05. The van der Waals surface area contributed by atoms with Gasteiger partial charge in [-0.15, -0.1) is 0 Å². The fourth-order valence-corrected chi connectivity index (χ4v) is 3.25. The smallest absolute Gasteiger partial charge is 0.227 e. The van der Waals surface area contributed by atoms with E-state index in [1.165, 1.54) is 25.7 Å². The van der Waals surface area contributed by atoms with Crippen molar-refractivity contribution in [1.29, 1.82) is 0 Å². The van der Waals surface area contributed by atoms with E-state index in [1.54, 1.807) is 0 Å². The molecule has 0 atom stereocenters. The molecule has 1 saturated heterocycles. The van der Waals surface area contributed by atoms with Crippen molar-refractivity contribution in [3.05, 3.63) is 15.3 Å². The van der Waals surface area contributed by atoms with Crippen LogP contribution in [0.1, 0.15) is 52.1 Å². The minimum Gasteiger partial charge on any atom is -0.341 e. The number of hydrogen-bond donors (Lipinski definition) is 0. The van der Waals surface area contributed by atoms with Gasteiger partial charge in [0.15, 0.2) is 0 Å². The van der Waals surface area contributed by atoms with Gasteiger partial charge in [-0.05, 0) is 28.8 Å². The summed E-state index contributed by atoms with van der Waals surface area (Å²) in [7, 11) is 0. The summed E-state index contributed by atoms with van der Waals surface area (Å²) in [6, 6.07) is 0. The molecule has 0 aromatic carbocycles. The molecule has 2 rings (SSSR count).